The van der Waals surface area contributed by atoms with Crippen molar-refractivity contribution >= 4 is 0 Å². The Morgan fingerprint density at radius 1 is 1.05 bits per heavy atom. The van der Waals surface area contributed by atoms with Crippen LogP contribution in [0.3, 0.4) is 0 Å². The number of aromatic hydroxyl groups is 1. The number of phenolic OH excluding ortho intramolecular Hbond substituents is 1. The van der Waals surface area contributed by atoms with Crippen LogP contribution in [0.4, 0.5) is 0 Å². The second-order valence-corrected chi connectivity index (χ2v) is 5.17. The molecule has 0 fully saturated rings. The lowest BCUT2D eigenvalue weighted by Crippen LogP contribution is -1.93. The Labute approximate surface area is 123 Å². The van der Waals surface area contributed by atoms with Gasteiger partial charge in [0.05, 0.1) is 6.42 Å². The van der Waals surface area contributed by atoms with E-state index in [9.17, 15) is 5.11 Å². The van der Waals surface area contributed by atoms with Crippen molar-refractivity contribution in [3.8, 4) is 17.1 Å². The van der Waals surface area contributed by atoms with Crippen LogP contribution in [0, 0.1) is 13.8 Å². The largest absolute Gasteiger partial charge is 0.508 e. The molecule has 4 heteroatoms. The van der Waals surface area contributed by atoms with Gasteiger partial charge < -0.3 is 9.63 Å². The van der Waals surface area contributed by atoms with Crippen LogP contribution in [0.5, 0.6) is 5.75 Å². The van der Waals surface area contributed by atoms with Crippen LogP contribution in [-0.2, 0) is 6.42 Å². The van der Waals surface area contributed by atoms with Gasteiger partial charge in [0.1, 0.15) is 5.75 Å². The minimum Gasteiger partial charge on any atom is -0.508 e. The summed E-state index contributed by atoms with van der Waals surface area (Å²) in [5.41, 5.74) is 4.44. The van der Waals surface area contributed by atoms with Crippen LogP contribution in [0.15, 0.2) is 47.0 Å². The van der Waals surface area contributed by atoms with Gasteiger partial charge in [-0.15, -0.1) is 0 Å². The molecular formula is C17H16N2O2. The molecular weight excluding hydrogens is 264 g/mol. The fourth-order valence-electron chi connectivity index (χ4n) is 2.21. The fourth-order valence-corrected chi connectivity index (χ4v) is 2.21. The smallest absolute Gasteiger partial charge is 0.231 e. The molecule has 0 saturated heterocycles. The minimum atomic E-state index is 0.220. The molecule has 3 aromatic rings. The van der Waals surface area contributed by atoms with Crippen LogP contribution in [0.2, 0.25) is 0 Å². The topological polar surface area (TPSA) is 59.2 Å². The number of phenols is 1. The van der Waals surface area contributed by atoms with Gasteiger partial charge in [-0.3, -0.25) is 0 Å². The number of nitrogens with zero attached hydrogens (tertiary/aromatic N) is 2. The van der Waals surface area contributed by atoms with E-state index in [2.05, 4.69) is 42.2 Å². The number of hydrogen-bond acceptors (Lipinski definition) is 4. The average Bonchev–Trinajstić information content (AvgIpc) is 2.92. The maximum Gasteiger partial charge on any atom is 0.231 e. The Morgan fingerprint density at radius 2 is 1.81 bits per heavy atom. The summed E-state index contributed by atoms with van der Waals surface area (Å²) in [5, 5.41) is 13.3. The summed E-state index contributed by atoms with van der Waals surface area (Å²) in [6.45, 7) is 4.14. The second-order valence-electron chi connectivity index (χ2n) is 5.17. The lowest BCUT2D eigenvalue weighted by molar-refractivity contribution is 0.385. The van der Waals surface area contributed by atoms with Gasteiger partial charge >= 0.3 is 0 Å². The molecule has 4 nitrogen and oxygen atoms in total. The summed E-state index contributed by atoms with van der Waals surface area (Å²) in [4.78, 5) is 4.42. The van der Waals surface area contributed by atoms with E-state index in [0.717, 1.165) is 5.56 Å². The molecule has 0 aliphatic heterocycles. The molecule has 0 aliphatic carbocycles. The number of benzene rings is 2. The van der Waals surface area contributed by atoms with Gasteiger partial charge in [-0.2, -0.15) is 4.98 Å². The molecule has 0 spiro atoms. The highest BCUT2D eigenvalue weighted by molar-refractivity contribution is 5.55. The molecule has 0 saturated carbocycles. The molecule has 0 atom stereocenters. The maximum atomic E-state index is 9.30. The summed E-state index contributed by atoms with van der Waals surface area (Å²) in [7, 11) is 0. The molecule has 1 heterocycles. The third kappa shape index (κ3) is 2.94. The molecule has 1 aromatic heterocycles. The second kappa shape index (κ2) is 5.40. The van der Waals surface area contributed by atoms with E-state index < -0.39 is 0 Å². The van der Waals surface area contributed by atoms with Crippen LogP contribution >= 0.6 is 0 Å². The molecule has 3 rings (SSSR count). The van der Waals surface area contributed by atoms with Crippen LogP contribution in [0.1, 0.15) is 22.6 Å². The number of aromatic nitrogens is 2. The quantitative estimate of drug-likeness (QED) is 0.795. The van der Waals surface area contributed by atoms with E-state index in [0.29, 0.717) is 18.1 Å². The van der Waals surface area contributed by atoms with Crippen molar-refractivity contribution in [2.45, 2.75) is 20.3 Å². The van der Waals surface area contributed by atoms with Gasteiger partial charge in [-0.25, -0.2) is 0 Å². The van der Waals surface area contributed by atoms with Crippen molar-refractivity contribution in [3.05, 3.63) is 65.0 Å². The molecule has 21 heavy (non-hydrogen) atoms. The summed E-state index contributed by atoms with van der Waals surface area (Å²) < 4.78 is 5.32. The Hall–Kier alpha value is -2.62. The van der Waals surface area contributed by atoms with E-state index in [1.54, 1.807) is 24.3 Å². The summed E-state index contributed by atoms with van der Waals surface area (Å²) in [6.07, 6.45) is 0.624. The van der Waals surface area contributed by atoms with Gasteiger partial charge in [0.2, 0.25) is 11.7 Å². The zero-order chi connectivity index (χ0) is 14.8. The van der Waals surface area contributed by atoms with Crippen LogP contribution in [-0.4, -0.2) is 15.2 Å². The fraction of sp³-hybridized carbons (Fsp3) is 0.176. The first-order valence-electron chi connectivity index (χ1n) is 6.80. The minimum absolute atomic E-state index is 0.220. The summed E-state index contributed by atoms with van der Waals surface area (Å²) in [6, 6.07) is 13.1. The molecule has 0 aliphatic rings. The standard InChI is InChI=1S/C17H16N2O2/c1-11-3-4-12(2)14(9-11)10-16-18-17(19-21-16)13-5-7-15(20)8-6-13/h3-9,20H,10H2,1-2H3. The lowest BCUT2D eigenvalue weighted by Gasteiger charge is -2.03. The number of hydrogen-bond donors (Lipinski definition) is 1. The Kier molecular flexibility index (Phi) is 3.44. The third-order valence-corrected chi connectivity index (χ3v) is 3.44. The van der Waals surface area contributed by atoms with Crippen molar-refractivity contribution in [2.24, 2.45) is 0 Å². The molecule has 0 radical (unpaired) electrons. The third-order valence-electron chi connectivity index (χ3n) is 3.44. The van der Waals surface area contributed by atoms with Crippen LogP contribution < -0.4 is 0 Å². The normalized spacial score (nSPS) is 10.8. The van der Waals surface area contributed by atoms with Crippen molar-refractivity contribution in [1.82, 2.24) is 10.1 Å². The van der Waals surface area contributed by atoms with Gasteiger partial charge in [-0.05, 0) is 49.2 Å². The van der Waals surface area contributed by atoms with Gasteiger partial charge in [0.15, 0.2) is 0 Å². The average molecular weight is 280 g/mol. The van der Waals surface area contributed by atoms with E-state index in [4.69, 9.17) is 4.52 Å². The molecule has 0 bridgehead atoms. The molecule has 0 unspecified atom stereocenters. The lowest BCUT2D eigenvalue weighted by atomic mass is 10.0. The number of rotatable bonds is 3. The Bertz CT molecular complexity index is 761. The predicted molar refractivity (Wildman–Crippen MR) is 80.1 cm³/mol. The number of aryl methyl sites for hydroxylation is 2. The van der Waals surface area contributed by atoms with Gasteiger partial charge in [0.25, 0.3) is 0 Å². The van der Waals surface area contributed by atoms with E-state index in [1.165, 1.54) is 16.7 Å². The van der Waals surface area contributed by atoms with E-state index in [1.807, 2.05) is 0 Å². The summed E-state index contributed by atoms with van der Waals surface area (Å²) >= 11 is 0. The molecule has 1 N–H and O–H groups in total. The summed E-state index contributed by atoms with van der Waals surface area (Å²) in [5.74, 6) is 1.35. The predicted octanol–water partition coefficient (Wildman–Crippen LogP) is 3.65. The van der Waals surface area contributed by atoms with E-state index in [-0.39, 0.29) is 5.75 Å². The Balaban J connectivity index is 1.85. The van der Waals surface area contributed by atoms with Gasteiger partial charge in [-0.1, -0.05) is 28.9 Å². The van der Waals surface area contributed by atoms with Crippen molar-refractivity contribution in [3.63, 3.8) is 0 Å². The highest BCUT2D eigenvalue weighted by Crippen LogP contribution is 2.21. The maximum absolute atomic E-state index is 9.30. The Morgan fingerprint density at radius 3 is 2.57 bits per heavy atom. The van der Waals surface area contributed by atoms with Crippen molar-refractivity contribution in [2.75, 3.05) is 0 Å². The highest BCUT2D eigenvalue weighted by atomic mass is 16.5. The van der Waals surface area contributed by atoms with Gasteiger partial charge in [0, 0.05) is 5.56 Å². The first-order chi connectivity index (χ1) is 10.1. The molecule has 2 aromatic carbocycles. The van der Waals surface area contributed by atoms with Crippen LogP contribution in [0.25, 0.3) is 11.4 Å². The zero-order valence-electron chi connectivity index (χ0n) is 12.0. The van der Waals surface area contributed by atoms with Crippen molar-refractivity contribution in [1.29, 1.82) is 0 Å². The molecule has 106 valence electrons. The first kappa shape index (κ1) is 13.4. The zero-order valence-corrected chi connectivity index (χ0v) is 12.0. The first-order valence-corrected chi connectivity index (χ1v) is 6.80. The SMILES string of the molecule is Cc1ccc(C)c(Cc2nc(-c3ccc(O)cc3)no2)c1. The molecule has 0 amide bonds. The highest BCUT2D eigenvalue weighted by Gasteiger charge is 2.10. The monoisotopic (exact) mass is 280 g/mol. The van der Waals surface area contributed by atoms with Crippen molar-refractivity contribution < 1.29 is 9.63 Å². The van der Waals surface area contributed by atoms with E-state index >= 15 is 0 Å².